The third kappa shape index (κ3) is 3.70. The largest absolute Gasteiger partial charge is 0.363 e. The Morgan fingerprint density at radius 1 is 1.46 bits per heavy atom. The van der Waals surface area contributed by atoms with Crippen LogP contribution in [0.2, 0.25) is 5.15 Å². The highest BCUT2D eigenvalue weighted by Gasteiger charge is 2.30. The summed E-state index contributed by atoms with van der Waals surface area (Å²) in [7, 11) is 3.93. The van der Waals surface area contributed by atoms with E-state index in [9.17, 15) is 4.79 Å². The predicted octanol–water partition coefficient (Wildman–Crippen LogP) is 3.09. The lowest BCUT2D eigenvalue weighted by atomic mass is 10.1. The van der Waals surface area contributed by atoms with Gasteiger partial charge in [-0.1, -0.05) is 16.8 Å². The molecule has 0 unspecified atom stereocenters. The van der Waals surface area contributed by atoms with Gasteiger partial charge in [0.2, 0.25) is 5.91 Å². The Labute approximate surface area is 146 Å². The predicted molar refractivity (Wildman–Crippen MR) is 92.1 cm³/mol. The third-order valence-corrected chi connectivity index (χ3v) is 4.48. The van der Waals surface area contributed by atoms with Crippen LogP contribution in [0.1, 0.15) is 36.6 Å². The summed E-state index contributed by atoms with van der Waals surface area (Å²) in [5.41, 5.74) is 1.14. The monoisotopic (exact) mass is 348 g/mol. The number of carbonyl (C=O) groups is 1. The molecule has 7 heteroatoms. The fraction of sp³-hybridized carbons (Fsp3) is 0.471. The lowest BCUT2D eigenvalue weighted by Crippen LogP contribution is -2.30. The number of carbonyl (C=O) groups excluding carboxylic acids is 1. The van der Waals surface area contributed by atoms with Crippen molar-refractivity contribution in [2.24, 2.45) is 0 Å². The van der Waals surface area contributed by atoms with Crippen molar-refractivity contribution in [3.63, 3.8) is 0 Å². The van der Waals surface area contributed by atoms with Crippen LogP contribution in [0.25, 0.3) is 0 Å². The molecule has 1 saturated heterocycles. The first-order valence-electron chi connectivity index (χ1n) is 8.08. The number of nitrogens with zero attached hydrogens (tertiary/aromatic N) is 4. The average Bonchev–Trinajstić information content (AvgIpc) is 3.21. The number of halogens is 1. The second kappa shape index (κ2) is 7.21. The summed E-state index contributed by atoms with van der Waals surface area (Å²) in [6.07, 6.45) is 4.72. The number of amides is 1. The molecule has 128 valence electrons. The van der Waals surface area contributed by atoms with Gasteiger partial charge in [0.15, 0.2) is 5.15 Å². The summed E-state index contributed by atoms with van der Waals surface area (Å²) >= 11 is 5.74. The lowest BCUT2D eigenvalue weighted by Gasteiger charge is -2.26. The molecule has 3 rings (SSSR count). The zero-order valence-electron chi connectivity index (χ0n) is 13.9. The van der Waals surface area contributed by atoms with Gasteiger partial charge in [0.05, 0.1) is 6.04 Å². The van der Waals surface area contributed by atoms with Crippen molar-refractivity contribution >= 4 is 23.3 Å². The summed E-state index contributed by atoms with van der Waals surface area (Å²) in [4.78, 5) is 20.9. The molecular formula is C17H21ClN4O2. The summed E-state index contributed by atoms with van der Waals surface area (Å²) in [6.45, 7) is 0.792. The quantitative estimate of drug-likeness (QED) is 0.830. The van der Waals surface area contributed by atoms with Gasteiger partial charge in [-0.05, 0) is 30.5 Å². The minimum Gasteiger partial charge on any atom is -0.363 e. The van der Waals surface area contributed by atoms with Crippen LogP contribution in [0.15, 0.2) is 28.9 Å². The number of likely N-dealkylation sites (tertiary alicyclic amines) is 1. The van der Waals surface area contributed by atoms with Crippen molar-refractivity contribution in [1.29, 1.82) is 0 Å². The molecule has 1 aliphatic heterocycles. The number of aryl methyl sites for hydroxylation is 1. The normalized spacial score (nSPS) is 17.3. The summed E-state index contributed by atoms with van der Waals surface area (Å²) in [6, 6.07) is 5.84. The molecule has 1 fully saturated rings. The van der Waals surface area contributed by atoms with Gasteiger partial charge in [0.25, 0.3) is 0 Å². The minimum absolute atomic E-state index is 0.123. The molecule has 0 bridgehead atoms. The Morgan fingerprint density at radius 3 is 3.00 bits per heavy atom. The van der Waals surface area contributed by atoms with Gasteiger partial charge in [-0.15, -0.1) is 0 Å². The smallest absolute Gasteiger partial charge is 0.223 e. The minimum atomic E-state index is 0.123. The lowest BCUT2D eigenvalue weighted by molar-refractivity contribution is -0.132. The molecule has 3 heterocycles. The Kier molecular flexibility index (Phi) is 5.04. The molecule has 1 aliphatic rings. The molecule has 0 saturated carbocycles. The van der Waals surface area contributed by atoms with E-state index in [1.165, 1.54) is 0 Å². The Bertz CT molecular complexity index is 716. The standard InChI is InChI=1S/C17H21ClN4O2/c1-21(2)16-10-12(7-8-19-16)14-4-3-9-22(14)17(23)6-5-13-11-15(18)20-24-13/h7-8,10-11,14H,3-6,9H2,1-2H3/t14-/m0/s1. The van der Waals surface area contributed by atoms with Gasteiger partial charge in [0.1, 0.15) is 11.6 Å². The average molecular weight is 349 g/mol. The van der Waals surface area contributed by atoms with Crippen molar-refractivity contribution in [1.82, 2.24) is 15.0 Å². The highest BCUT2D eigenvalue weighted by atomic mass is 35.5. The number of rotatable bonds is 5. The molecule has 0 spiro atoms. The molecule has 1 atom stereocenters. The third-order valence-electron chi connectivity index (χ3n) is 4.30. The highest BCUT2D eigenvalue weighted by molar-refractivity contribution is 6.29. The fourth-order valence-corrected chi connectivity index (χ4v) is 3.23. The molecule has 0 aromatic carbocycles. The maximum atomic E-state index is 12.6. The zero-order valence-corrected chi connectivity index (χ0v) is 14.7. The summed E-state index contributed by atoms with van der Waals surface area (Å²) < 4.78 is 5.06. The van der Waals surface area contributed by atoms with Gasteiger partial charge in [-0.25, -0.2) is 4.98 Å². The topological polar surface area (TPSA) is 62.5 Å². The number of aromatic nitrogens is 2. The first kappa shape index (κ1) is 16.8. The summed E-state index contributed by atoms with van der Waals surface area (Å²) in [5, 5.41) is 3.96. The second-order valence-corrected chi connectivity index (χ2v) is 6.59. The Balaban J connectivity index is 1.68. The van der Waals surface area contributed by atoms with E-state index in [-0.39, 0.29) is 11.9 Å². The molecule has 2 aromatic heterocycles. The van der Waals surface area contributed by atoms with Crippen LogP contribution in [0, 0.1) is 0 Å². The first-order chi connectivity index (χ1) is 11.5. The van der Waals surface area contributed by atoms with E-state index in [0.29, 0.717) is 23.8 Å². The van der Waals surface area contributed by atoms with Crippen molar-refractivity contribution in [3.8, 4) is 0 Å². The van der Waals surface area contributed by atoms with Crippen molar-refractivity contribution in [3.05, 3.63) is 40.9 Å². The molecule has 0 N–H and O–H groups in total. The molecule has 6 nitrogen and oxygen atoms in total. The van der Waals surface area contributed by atoms with E-state index < -0.39 is 0 Å². The van der Waals surface area contributed by atoms with Crippen LogP contribution in [-0.2, 0) is 11.2 Å². The van der Waals surface area contributed by atoms with Gasteiger partial charge in [-0.3, -0.25) is 4.79 Å². The number of anilines is 1. The number of pyridine rings is 1. The summed E-state index contributed by atoms with van der Waals surface area (Å²) in [5.74, 6) is 1.68. The van der Waals surface area contributed by atoms with Crippen LogP contribution in [-0.4, -0.2) is 41.6 Å². The van der Waals surface area contributed by atoms with Crippen LogP contribution in [0.5, 0.6) is 0 Å². The van der Waals surface area contributed by atoms with E-state index in [2.05, 4.69) is 16.2 Å². The van der Waals surface area contributed by atoms with E-state index >= 15 is 0 Å². The van der Waals surface area contributed by atoms with Gasteiger partial charge in [0, 0.05) is 45.7 Å². The van der Waals surface area contributed by atoms with Gasteiger partial charge < -0.3 is 14.3 Å². The van der Waals surface area contributed by atoms with Gasteiger partial charge in [-0.2, -0.15) is 0 Å². The zero-order chi connectivity index (χ0) is 17.1. The molecule has 2 aromatic rings. The number of hydrogen-bond donors (Lipinski definition) is 0. The van der Waals surface area contributed by atoms with Crippen molar-refractivity contribution < 1.29 is 9.32 Å². The molecule has 0 radical (unpaired) electrons. The van der Waals surface area contributed by atoms with Crippen LogP contribution < -0.4 is 4.90 Å². The maximum Gasteiger partial charge on any atom is 0.223 e. The van der Waals surface area contributed by atoms with Crippen molar-refractivity contribution in [2.75, 3.05) is 25.5 Å². The van der Waals surface area contributed by atoms with Gasteiger partial charge >= 0.3 is 0 Å². The fourth-order valence-electron chi connectivity index (χ4n) is 3.08. The molecular weight excluding hydrogens is 328 g/mol. The Hall–Kier alpha value is -2.08. The van der Waals surface area contributed by atoms with Crippen molar-refractivity contribution in [2.45, 2.75) is 31.7 Å². The second-order valence-electron chi connectivity index (χ2n) is 6.20. The maximum absolute atomic E-state index is 12.6. The molecule has 24 heavy (non-hydrogen) atoms. The van der Waals surface area contributed by atoms with E-state index in [4.69, 9.17) is 16.1 Å². The number of hydrogen-bond acceptors (Lipinski definition) is 5. The van der Waals surface area contributed by atoms with Crippen LogP contribution >= 0.6 is 11.6 Å². The Morgan fingerprint density at radius 2 is 2.29 bits per heavy atom. The molecule has 1 amide bonds. The first-order valence-corrected chi connectivity index (χ1v) is 8.46. The SMILES string of the molecule is CN(C)c1cc([C@@H]2CCCN2C(=O)CCc2cc(Cl)no2)ccn1. The highest BCUT2D eigenvalue weighted by Crippen LogP contribution is 2.33. The van der Waals surface area contributed by atoms with E-state index in [0.717, 1.165) is 30.8 Å². The van der Waals surface area contributed by atoms with E-state index in [1.807, 2.05) is 36.2 Å². The van der Waals surface area contributed by atoms with E-state index in [1.54, 1.807) is 6.07 Å². The van der Waals surface area contributed by atoms with Crippen LogP contribution in [0.4, 0.5) is 5.82 Å². The van der Waals surface area contributed by atoms with Crippen LogP contribution in [0.3, 0.4) is 0 Å². The molecule has 0 aliphatic carbocycles.